The van der Waals surface area contributed by atoms with Crippen molar-refractivity contribution >= 4 is 37.7 Å². The van der Waals surface area contributed by atoms with Gasteiger partial charge in [-0.15, -0.1) is 0 Å². The summed E-state index contributed by atoms with van der Waals surface area (Å²) in [5.74, 6) is 0. The fourth-order valence-electron chi connectivity index (χ4n) is 0. The molecular weight excluding hydrogens is 280 g/mol. The van der Waals surface area contributed by atoms with Gasteiger partial charge in [0.2, 0.25) is 0 Å². The van der Waals surface area contributed by atoms with Crippen molar-refractivity contribution in [1.29, 1.82) is 0 Å². The Morgan fingerprint density at radius 3 is 0.500 bits per heavy atom. The van der Waals surface area contributed by atoms with Crippen molar-refractivity contribution in [1.82, 2.24) is 0 Å². The summed E-state index contributed by atoms with van der Waals surface area (Å²) in [5.41, 5.74) is 0. The van der Waals surface area contributed by atoms with E-state index in [1.54, 1.807) is 0 Å². The predicted molar refractivity (Wildman–Crippen MR) is 5.75 cm³/mol. The summed E-state index contributed by atoms with van der Waals surface area (Å²) in [7, 11) is 0. The number of hydrogen-bond acceptors (Lipinski definition) is 0. The SMILES string of the molecule is [Br-].[Br-].[Br-].[Ca+2]. The summed E-state index contributed by atoms with van der Waals surface area (Å²) in [6.07, 6.45) is 0. The molecule has 0 aromatic heterocycles. The van der Waals surface area contributed by atoms with Crippen LogP contribution in [0.1, 0.15) is 0 Å². The molecule has 0 radical (unpaired) electrons. The summed E-state index contributed by atoms with van der Waals surface area (Å²) < 4.78 is 0. The van der Waals surface area contributed by atoms with E-state index in [4.69, 9.17) is 0 Å². The fraction of sp³-hybridized carbons (Fsp3) is 0. The van der Waals surface area contributed by atoms with Gasteiger partial charge < -0.3 is 50.9 Å². The molecule has 4 heteroatoms. The van der Waals surface area contributed by atoms with E-state index in [1.165, 1.54) is 0 Å². The van der Waals surface area contributed by atoms with Gasteiger partial charge in [-0.25, -0.2) is 0 Å². The first-order valence-corrected chi connectivity index (χ1v) is 0. The van der Waals surface area contributed by atoms with E-state index in [1.807, 2.05) is 0 Å². The molecule has 4 heavy (non-hydrogen) atoms. The van der Waals surface area contributed by atoms with E-state index in [0.29, 0.717) is 0 Å². The molecule has 0 aliphatic carbocycles. The largest absolute Gasteiger partial charge is 2.00 e. The zero-order valence-electron chi connectivity index (χ0n) is 1.84. The topological polar surface area (TPSA) is 0 Å². The van der Waals surface area contributed by atoms with E-state index in [0.717, 1.165) is 0 Å². The van der Waals surface area contributed by atoms with Crippen molar-refractivity contribution in [2.45, 2.75) is 0 Å². The minimum Gasteiger partial charge on any atom is -1.00 e. The van der Waals surface area contributed by atoms with Crippen LogP contribution in [-0.2, 0) is 0 Å². The molecule has 0 saturated heterocycles. The summed E-state index contributed by atoms with van der Waals surface area (Å²) in [6.45, 7) is 0. The minimum atomic E-state index is 0. The Morgan fingerprint density at radius 2 is 0.500 bits per heavy atom. The van der Waals surface area contributed by atoms with Crippen molar-refractivity contribution in [2.24, 2.45) is 0 Å². The summed E-state index contributed by atoms with van der Waals surface area (Å²) in [5, 5.41) is 0. The van der Waals surface area contributed by atoms with E-state index < -0.39 is 0 Å². The first-order chi connectivity index (χ1) is 0. The Labute approximate surface area is 87.0 Å². The van der Waals surface area contributed by atoms with E-state index in [9.17, 15) is 0 Å². The molecular formula is Br3Ca-. The van der Waals surface area contributed by atoms with Crippen LogP contribution < -0.4 is 50.9 Å². The fourth-order valence-corrected chi connectivity index (χ4v) is 0. The summed E-state index contributed by atoms with van der Waals surface area (Å²) in [4.78, 5) is 0. The summed E-state index contributed by atoms with van der Waals surface area (Å²) >= 11 is 0. The molecule has 0 aliphatic rings. The summed E-state index contributed by atoms with van der Waals surface area (Å²) in [6, 6.07) is 0. The Kier molecular flexibility index (Phi) is 129. The van der Waals surface area contributed by atoms with Gasteiger partial charge in [-0.2, -0.15) is 0 Å². The monoisotopic (exact) mass is 277 g/mol. The number of rotatable bonds is 0. The molecule has 0 atom stereocenters. The molecule has 0 aromatic rings. The second kappa shape index (κ2) is 17.3. The second-order valence-electron chi connectivity index (χ2n) is 0. The normalized spacial score (nSPS) is 0. The average Bonchev–Trinajstić information content (AvgIpc) is 0. The van der Waals surface area contributed by atoms with E-state index in [-0.39, 0.29) is 88.7 Å². The van der Waals surface area contributed by atoms with Crippen molar-refractivity contribution in [3.63, 3.8) is 0 Å². The molecule has 24 valence electrons. The van der Waals surface area contributed by atoms with Gasteiger partial charge in [0.05, 0.1) is 0 Å². The van der Waals surface area contributed by atoms with Crippen molar-refractivity contribution in [3.8, 4) is 0 Å². The molecule has 0 saturated carbocycles. The molecule has 0 rings (SSSR count). The minimum absolute atomic E-state index is 0. The van der Waals surface area contributed by atoms with Gasteiger partial charge in [0.15, 0.2) is 0 Å². The van der Waals surface area contributed by atoms with Crippen LogP contribution >= 0.6 is 0 Å². The van der Waals surface area contributed by atoms with Crippen LogP contribution in [0.4, 0.5) is 0 Å². The van der Waals surface area contributed by atoms with Gasteiger partial charge in [-0.1, -0.05) is 0 Å². The van der Waals surface area contributed by atoms with Crippen LogP contribution in [0.5, 0.6) is 0 Å². The second-order valence-corrected chi connectivity index (χ2v) is 0. The molecule has 0 bridgehead atoms. The van der Waals surface area contributed by atoms with Crippen LogP contribution in [0.2, 0.25) is 0 Å². The van der Waals surface area contributed by atoms with Gasteiger partial charge in [-0.05, 0) is 0 Å². The smallest absolute Gasteiger partial charge is 1.00 e. The van der Waals surface area contributed by atoms with E-state index >= 15 is 0 Å². The maximum atomic E-state index is 0. The predicted octanol–water partition coefficient (Wildman–Crippen LogP) is -9.37. The number of hydrogen-bond donors (Lipinski definition) is 0. The zero-order valence-corrected chi connectivity index (χ0v) is 8.81. The maximum absolute atomic E-state index is 0. The van der Waals surface area contributed by atoms with Crippen molar-refractivity contribution in [2.75, 3.05) is 0 Å². The molecule has 0 fully saturated rings. The average molecular weight is 280 g/mol. The third-order valence-corrected chi connectivity index (χ3v) is 0. The maximum Gasteiger partial charge on any atom is 2.00 e. The Balaban J connectivity index is 0. The van der Waals surface area contributed by atoms with Gasteiger partial charge in [-0.3, -0.25) is 0 Å². The molecule has 0 aromatic carbocycles. The van der Waals surface area contributed by atoms with Gasteiger partial charge in [0.1, 0.15) is 0 Å². The molecule has 0 unspecified atom stereocenters. The first kappa shape index (κ1) is 29.9. The van der Waals surface area contributed by atoms with Gasteiger partial charge >= 0.3 is 37.7 Å². The van der Waals surface area contributed by atoms with Crippen LogP contribution in [-0.4, -0.2) is 37.7 Å². The molecule has 0 amide bonds. The van der Waals surface area contributed by atoms with E-state index in [2.05, 4.69) is 0 Å². The first-order valence-electron chi connectivity index (χ1n) is 0. The molecule has 0 spiro atoms. The molecule has 0 heterocycles. The van der Waals surface area contributed by atoms with Crippen LogP contribution in [0, 0.1) is 0 Å². The quantitative estimate of drug-likeness (QED) is 0.387. The zero-order chi connectivity index (χ0) is 0. The Hall–Kier alpha value is 2.70. The standard InChI is InChI=1S/3BrH.Ca/h3*1H;/q;;;+2/p-3. The third kappa shape index (κ3) is 8.83. The molecule has 0 aliphatic heterocycles. The van der Waals surface area contributed by atoms with Gasteiger partial charge in [0, 0.05) is 0 Å². The van der Waals surface area contributed by atoms with Crippen LogP contribution in [0.25, 0.3) is 0 Å². The third-order valence-electron chi connectivity index (χ3n) is 0. The molecule has 0 N–H and O–H groups in total. The van der Waals surface area contributed by atoms with Crippen LogP contribution in [0.15, 0.2) is 0 Å². The van der Waals surface area contributed by atoms with Crippen molar-refractivity contribution < 1.29 is 50.9 Å². The Bertz CT molecular complexity index is 3.25. The van der Waals surface area contributed by atoms with Gasteiger partial charge in [0.25, 0.3) is 0 Å². The Morgan fingerprint density at radius 1 is 0.500 bits per heavy atom. The van der Waals surface area contributed by atoms with Crippen LogP contribution in [0.3, 0.4) is 0 Å². The molecule has 0 nitrogen and oxygen atoms in total. The number of halogens is 3. The van der Waals surface area contributed by atoms with Crippen molar-refractivity contribution in [3.05, 3.63) is 0 Å².